The third-order valence-corrected chi connectivity index (χ3v) is 2.05. The molecule has 0 rings (SSSR count). The predicted molar refractivity (Wildman–Crippen MR) is 66.0 cm³/mol. The highest BCUT2D eigenvalue weighted by Gasteiger charge is 2.16. The molecule has 0 unspecified atom stereocenters. The van der Waals surface area contributed by atoms with E-state index in [1.165, 1.54) is 0 Å². The second kappa shape index (κ2) is 10.6. The van der Waals surface area contributed by atoms with E-state index >= 15 is 0 Å². The second-order valence-corrected chi connectivity index (χ2v) is 4.22. The van der Waals surface area contributed by atoms with Crippen molar-refractivity contribution in [3.63, 3.8) is 0 Å². The summed E-state index contributed by atoms with van der Waals surface area (Å²) >= 11 is 0. The molecule has 1 atom stereocenters. The van der Waals surface area contributed by atoms with Crippen molar-refractivity contribution in [3.05, 3.63) is 20.2 Å². The van der Waals surface area contributed by atoms with Crippen LogP contribution in [0.5, 0.6) is 0 Å². The van der Waals surface area contributed by atoms with Gasteiger partial charge in [-0.2, -0.15) is 0 Å². The van der Waals surface area contributed by atoms with E-state index in [0.29, 0.717) is 6.42 Å². The SMILES string of the molecule is CC(C)C(=O)OCCCOC[C@@H](CO[N+](=O)[O-])O[N+](=O)[O-]. The van der Waals surface area contributed by atoms with Crippen LogP contribution in [0.2, 0.25) is 0 Å². The van der Waals surface area contributed by atoms with Gasteiger partial charge < -0.3 is 19.1 Å². The lowest BCUT2D eigenvalue weighted by Crippen LogP contribution is -2.29. The minimum atomic E-state index is -1.20. The minimum absolute atomic E-state index is 0.154. The fourth-order valence-electron chi connectivity index (χ4n) is 1.09. The molecule has 0 spiro atoms. The van der Waals surface area contributed by atoms with Gasteiger partial charge in [0.1, 0.15) is 6.61 Å². The van der Waals surface area contributed by atoms with Crippen molar-refractivity contribution in [2.24, 2.45) is 5.92 Å². The molecule has 0 aliphatic carbocycles. The van der Waals surface area contributed by atoms with E-state index in [0.717, 1.165) is 0 Å². The highest BCUT2D eigenvalue weighted by atomic mass is 17.0. The van der Waals surface area contributed by atoms with Gasteiger partial charge in [-0.1, -0.05) is 13.8 Å². The quantitative estimate of drug-likeness (QED) is 0.216. The van der Waals surface area contributed by atoms with E-state index in [2.05, 4.69) is 9.68 Å². The number of ether oxygens (including phenoxy) is 2. The van der Waals surface area contributed by atoms with Crippen LogP contribution in [0.4, 0.5) is 0 Å². The molecule has 0 radical (unpaired) electrons. The lowest BCUT2D eigenvalue weighted by atomic mass is 10.2. The largest absolute Gasteiger partial charge is 0.465 e. The highest BCUT2D eigenvalue weighted by Crippen LogP contribution is 1.99. The zero-order chi connectivity index (χ0) is 16.3. The summed E-state index contributed by atoms with van der Waals surface area (Å²) in [6.07, 6.45) is -0.816. The molecule has 0 aromatic carbocycles. The number of carbonyl (C=O) groups excluding carboxylic acids is 1. The Morgan fingerprint density at radius 2 is 1.76 bits per heavy atom. The fraction of sp³-hybridized carbons (Fsp3) is 0.900. The Morgan fingerprint density at radius 3 is 2.29 bits per heavy atom. The summed E-state index contributed by atoms with van der Waals surface area (Å²) in [6.45, 7) is 2.84. The smallest absolute Gasteiger partial charge is 0.308 e. The van der Waals surface area contributed by atoms with Gasteiger partial charge in [-0.05, 0) is 0 Å². The van der Waals surface area contributed by atoms with Crippen LogP contribution in [-0.4, -0.2) is 48.7 Å². The summed E-state index contributed by atoms with van der Waals surface area (Å²) in [4.78, 5) is 39.4. The van der Waals surface area contributed by atoms with Gasteiger partial charge in [-0.25, -0.2) is 0 Å². The maximum absolute atomic E-state index is 11.1. The number of rotatable bonds is 12. The molecule has 11 heteroatoms. The molecule has 0 saturated carbocycles. The number of hydrogen-bond donors (Lipinski definition) is 0. The van der Waals surface area contributed by atoms with Crippen LogP contribution in [0.1, 0.15) is 20.3 Å². The summed E-state index contributed by atoms with van der Waals surface area (Å²) in [6, 6.07) is 0. The fourth-order valence-corrected chi connectivity index (χ4v) is 1.09. The van der Waals surface area contributed by atoms with Gasteiger partial charge in [-0.15, -0.1) is 20.2 Å². The molecule has 21 heavy (non-hydrogen) atoms. The summed E-state index contributed by atoms with van der Waals surface area (Å²) in [5, 5.41) is 18.0. The van der Waals surface area contributed by atoms with Crippen LogP contribution in [0.15, 0.2) is 0 Å². The van der Waals surface area contributed by atoms with E-state index in [9.17, 15) is 25.0 Å². The molecule has 0 aliphatic rings. The maximum atomic E-state index is 11.1. The highest BCUT2D eigenvalue weighted by molar-refractivity contribution is 5.71. The molecule has 0 aromatic rings. The molecule has 0 aliphatic heterocycles. The van der Waals surface area contributed by atoms with Crippen molar-refractivity contribution in [2.75, 3.05) is 26.4 Å². The van der Waals surface area contributed by atoms with E-state index in [1.807, 2.05) is 0 Å². The molecule has 0 heterocycles. The molecule has 122 valence electrons. The molecular formula is C10H18N2O9. The monoisotopic (exact) mass is 310 g/mol. The van der Waals surface area contributed by atoms with Crippen molar-refractivity contribution in [1.82, 2.24) is 0 Å². The van der Waals surface area contributed by atoms with E-state index in [4.69, 9.17) is 9.47 Å². The molecule has 0 bridgehead atoms. The molecule has 0 saturated heterocycles. The summed E-state index contributed by atoms with van der Waals surface area (Å²) < 4.78 is 9.93. The molecule has 0 fully saturated rings. The Kier molecular flexibility index (Phi) is 9.50. The zero-order valence-corrected chi connectivity index (χ0v) is 11.8. The van der Waals surface area contributed by atoms with Crippen molar-refractivity contribution in [1.29, 1.82) is 0 Å². The number of hydrogen-bond acceptors (Lipinski definition) is 9. The molecule has 0 N–H and O–H groups in total. The Balaban J connectivity index is 3.79. The van der Waals surface area contributed by atoms with Gasteiger partial charge in [0, 0.05) is 13.0 Å². The molecular weight excluding hydrogens is 292 g/mol. The van der Waals surface area contributed by atoms with E-state index < -0.39 is 22.9 Å². The van der Waals surface area contributed by atoms with E-state index in [1.54, 1.807) is 13.8 Å². The first-order valence-corrected chi connectivity index (χ1v) is 6.15. The van der Waals surface area contributed by atoms with Gasteiger partial charge in [0.15, 0.2) is 6.10 Å². The summed E-state index contributed by atoms with van der Waals surface area (Å²) in [5.41, 5.74) is 0. The van der Waals surface area contributed by atoms with Crippen molar-refractivity contribution in [3.8, 4) is 0 Å². The van der Waals surface area contributed by atoms with Crippen LogP contribution < -0.4 is 0 Å². The standard InChI is InChI=1S/C10H18N2O9/c1-8(2)10(13)19-5-3-4-18-6-9(21-12(16)17)7-20-11(14)15/h8-9H,3-7H2,1-2H3/t9-/m0/s1. The molecule has 0 aromatic heterocycles. The van der Waals surface area contributed by atoms with Gasteiger partial charge >= 0.3 is 5.97 Å². The van der Waals surface area contributed by atoms with Crippen LogP contribution in [0.3, 0.4) is 0 Å². The van der Waals surface area contributed by atoms with E-state index in [-0.39, 0.29) is 31.7 Å². The lowest BCUT2D eigenvalue weighted by Gasteiger charge is -2.14. The summed E-state index contributed by atoms with van der Waals surface area (Å²) in [7, 11) is 0. The zero-order valence-electron chi connectivity index (χ0n) is 11.8. The Labute approximate surface area is 120 Å². The maximum Gasteiger partial charge on any atom is 0.308 e. The third kappa shape index (κ3) is 11.4. The Bertz CT molecular complexity index is 347. The minimum Gasteiger partial charge on any atom is -0.465 e. The molecule has 11 nitrogen and oxygen atoms in total. The average Bonchev–Trinajstić information content (AvgIpc) is 2.38. The molecule has 0 amide bonds. The van der Waals surface area contributed by atoms with Crippen LogP contribution >= 0.6 is 0 Å². The Hall–Kier alpha value is -2.17. The third-order valence-electron chi connectivity index (χ3n) is 2.05. The number of esters is 1. The van der Waals surface area contributed by atoms with Gasteiger partial charge in [0.2, 0.25) is 0 Å². The first kappa shape index (κ1) is 18.8. The number of carbonyl (C=O) groups is 1. The lowest BCUT2D eigenvalue weighted by molar-refractivity contribution is -0.790. The van der Waals surface area contributed by atoms with Crippen LogP contribution in [0, 0.1) is 26.1 Å². The van der Waals surface area contributed by atoms with Crippen molar-refractivity contribution in [2.45, 2.75) is 26.4 Å². The Morgan fingerprint density at radius 1 is 1.10 bits per heavy atom. The van der Waals surface area contributed by atoms with Crippen molar-refractivity contribution >= 4 is 5.97 Å². The predicted octanol–water partition coefficient (Wildman–Crippen LogP) is 0.378. The van der Waals surface area contributed by atoms with Gasteiger partial charge in [0.05, 0.1) is 19.1 Å². The first-order chi connectivity index (χ1) is 9.82. The second-order valence-electron chi connectivity index (χ2n) is 4.22. The normalized spacial score (nSPS) is 11.8. The first-order valence-electron chi connectivity index (χ1n) is 6.15. The van der Waals surface area contributed by atoms with Crippen LogP contribution in [0.25, 0.3) is 0 Å². The van der Waals surface area contributed by atoms with Gasteiger partial charge in [-0.3, -0.25) is 4.79 Å². The van der Waals surface area contributed by atoms with Crippen molar-refractivity contribution < 1.29 is 34.1 Å². The summed E-state index contributed by atoms with van der Waals surface area (Å²) in [5.74, 6) is -0.549. The topological polar surface area (TPSA) is 140 Å². The average molecular weight is 310 g/mol. The number of nitrogens with zero attached hydrogens (tertiary/aromatic N) is 2. The van der Waals surface area contributed by atoms with Gasteiger partial charge in [0.25, 0.3) is 10.2 Å². The van der Waals surface area contributed by atoms with Crippen LogP contribution in [-0.2, 0) is 23.9 Å².